The van der Waals surface area contributed by atoms with Crippen molar-refractivity contribution in [2.24, 2.45) is 0 Å². The number of hydrogen-bond donors (Lipinski definition) is 0. The molecule has 51 heavy (non-hydrogen) atoms. The van der Waals surface area contributed by atoms with Crippen molar-refractivity contribution < 1.29 is 4.42 Å². The third kappa shape index (κ3) is 4.66. The molecule has 0 aliphatic rings. The molecule has 10 aromatic rings. The van der Waals surface area contributed by atoms with Crippen LogP contribution >= 0.6 is 0 Å². The standard InChI is InChI=1S/C48H34N2O/c1-31-28-35(21-25-38(31)40-24-20-33-12-6-7-15-39(33)32(40)2)49(34-13-4-3-5-14-34)37-22-26-42-41-16-8-10-18-45(41)50(46(42)30-37)36-23-27-48-44(29-36)43-17-9-11-19-47(43)51-48/h3-30H,1-2H3. The first-order valence-corrected chi connectivity index (χ1v) is 17.5. The van der Waals surface area contributed by atoms with E-state index in [1.807, 2.05) is 12.1 Å². The van der Waals surface area contributed by atoms with Crippen molar-refractivity contribution in [3.63, 3.8) is 0 Å². The molecule has 0 aliphatic carbocycles. The van der Waals surface area contributed by atoms with Crippen LogP contribution in [0, 0.1) is 13.8 Å². The summed E-state index contributed by atoms with van der Waals surface area (Å²) in [7, 11) is 0. The number of para-hydroxylation sites is 3. The first kappa shape index (κ1) is 29.3. The van der Waals surface area contributed by atoms with Gasteiger partial charge in [-0.25, -0.2) is 0 Å². The molecule has 0 atom stereocenters. The second kappa shape index (κ2) is 11.5. The second-order valence-electron chi connectivity index (χ2n) is 13.5. The normalized spacial score (nSPS) is 11.7. The lowest BCUT2D eigenvalue weighted by Crippen LogP contribution is -2.10. The van der Waals surface area contributed by atoms with Crippen LogP contribution in [-0.2, 0) is 0 Å². The van der Waals surface area contributed by atoms with E-state index in [1.54, 1.807) is 0 Å². The van der Waals surface area contributed by atoms with Gasteiger partial charge in [0.15, 0.2) is 0 Å². The van der Waals surface area contributed by atoms with Crippen LogP contribution in [-0.4, -0.2) is 4.57 Å². The maximum Gasteiger partial charge on any atom is 0.135 e. The highest BCUT2D eigenvalue weighted by Crippen LogP contribution is 2.42. The Morgan fingerprint density at radius 2 is 1.10 bits per heavy atom. The average Bonchev–Trinajstić information content (AvgIpc) is 3.71. The molecule has 0 aliphatic heterocycles. The molecule has 0 bridgehead atoms. The first-order chi connectivity index (χ1) is 25.1. The van der Waals surface area contributed by atoms with Gasteiger partial charge in [-0.3, -0.25) is 0 Å². The van der Waals surface area contributed by atoms with Crippen molar-refractivity contribution >= 4 is 71.6 Å². The van der Waals surface area contributed by atoms with Gasteiger partial charge in [0.05, 0.1) is 11.0 Å². The van der Waals surface area contributed by atoms with E-state index < -0.39 is 0 Å². The monoisotopic (exact) mass is 654 g/mol. The molecular weight excluding hydrogens is 621 g/mol. The molecule has 0 saturated carbocycles. The number of rotatable bonds is 5. The van der Waals surface area contributed by atoms with E-state index in [0.717, 1.165) is 50.2 Å². The zero-order chi connectivity index (χ0) is 34.1. The molecule has 0 fully saturated rings. The summed E-state index contributed by atoms with van der Waals surface area (Å²) in [5.74, 6) is 0. The number of aromatic nitrogens is 1. The largest absolute Gasteiger partial charge is 0.456 e. The van der Waals surface area contributed by atoms with Crippen molar-refractivity contribution in [2.75, 3.05) is 4.90 Å². The molecule has 0 unspecified atom stereocenters. The Morgan fingerprint density at radius 3 is 1.96 bits per heavy atom. The molecule has 2 heterocycles. The number of nitrogens with zero attached hydrogens (tertiary/aromatic N) is 2. The summed E-state index contributed by atoms with van der Waals surface area (Å²) >= 11 is 0. The lowest BCUT2D eigenvalue weighted by molar-refractivity contribution is 0.669. The Kier molecular flexibility index (Phi) is 6.62. The van der Waals surface area contributed by atoms with Crippen LogP contribution in [0.5, 0.6) is 0 Å². The minimum absolute atomic E-state index is 0.898. The van der Waals surface area contributed by atoms with Crippen LogP contribution in [0.25, 0.3) is 71.3 Å². The van der Waals surface area contributed by atoms with Crippen molar-refractivity contribution in [1.29, 1.82) is 0 Å². The van der Waals surface area contributed by atoms with Crippen LogP contribution in [0.3, 0.4) is 0 Å². The van der Waals surface area contributed by atoms with E-state index >= 15 is 0 Å². The fourth-order valence-electron chi connectivity index (χ4n) is 8.06. The molecular formula is C48H34N2O. The molecule has 0 N–H and O–H groups in total. The van der Waals surface area contributed by atoms with Gasteiger partial charge in [-0.1, -0.05) is 103 Å². The van der Waals surface area contributed by atoms with Crippen molar-refractivity contribution in [3.8, 4) is 16.8 Å². The lowest BCUT2D eigenvalue weighted by atomic mass is 9.92. The Hall–Kier alpha value is -6.58. The van der Waals surface area contributed by atoms with Gasteiger partial charge in [0.25, 0.3) is 0 Å². The molecule has 2 aromatic heterocycles. The molecule has 0 spiro atoms. The molecule has 3 nitrogen and oxygen atoms in total. The third-order valence-corrected chi connectivity index (χ3v) is 10.5. The Bertz CT molecular complexity index is 2950. The van der Waals surface area contributed by atoms with Gasteiger partial charge in [0.2, 0.25) is 0 Å². The highest BCUT2D eigenvalue weighted by Gasteiger charge is 2.19. The fraction of sp³-hybridized carbons (Fsp3) is 0.0417. The van der Waals surface area contributed by atoms with Gasteiger partial charge in [-0.2, -0.15) is 0 Å². The van der Waals surface area contributed by atoms with Crippen molar-refractivity contribution in [1.82, 2.24) is 4.57 Å². The molecule has 3 heteroatoms. The number of aryl methyl sites for hydroxylation is 2. The minimum atomic E-state index is 0.898. The summed E-state index contributed by atoms with van der Waals surface area (Å²) < 4.78 is 8.60. The molecule has 10 rings (SSSR count). The maximum atomic E-state index is 6.20. The summed E-state index contributed by atoms with van der Waals surface area (Å²) in [5, 5.41) is 7.27. The predicted octanol–water partition coefficient (Wildman–Crippen LogP) is 13.6. The summed E-state index contributed by atoms with van der Waals surface area (Å²) in [6.45, 7) is 4.47. The molecule has 242 valence electrons. The van der Waals surface area contributed by atoms with Crippen LogP contribution in [0.2, 0.25) is 0 Å². The quantitative estimate of drug-likeness (QED) is 0.184. The van der Waals surface area contributed by atoms with E-state index in [2.05, 4.69) is 181 Å². The van der Waals surface area contributed by atoms with Gasteiger partial charge >= 0.3 is 0 Å². The van der Waals surface area contributed by atoms with Gasteiger partial charge < -0.3 is 13.9 Å². The fourth-order valence-corrected chi connectivity index (χ4v) is 8.06. The highest BCUT2D eigenvalue weighted by atomic mass is 16.3. The number of hydrogen-bond acceptors (Lipinski definition) is 2. The zero-order valence-corrected chi connectivity index (χ0v) is 28.5. The Balaban J connectivity index is 1.16. The lowest BCUT2D eigenvalue weighted by Gasteiger charge is -2.27. The first-order valence-electron chi connectivity index (χ1n) is 17.5. The summed E-state index contributed by atoms with van der Waals surface area (Å²) in [6.07, 6.45) is 0. The van der Waals surface area contributed by atoms with E-state index in [1.165, 1.54) is 49.3 Å². The second-order valence-corrected chi connectivity index (χ2v) is 13.5. The third-order valence-electron chi connectivity index (χ3n) is 10.5. The molecule has 8 aromatic carbocycles. The summed E-state index contributed by atoms with van der Waals surface area (Å²) in [6, 6.07) is 61.1. The van der Waals surface area contributed by atoms with E-state index in [4.69, 9.17) is 4.42 Å². The molecule has 0 amide bonds. The summed E-state index contributed by atoms with van der Waals surface area (Å²) in [4.78, 5) is 2.37. The van der Waals surface area contributed by atoms with Gasteiger partial charge in [0, 0.05) is 44.3 Å². The van der Waals surface area contributed by atoms with Crippen molar-refractivity contribution in [2.45, 2.75) is 13.8 Å². The summed E-state index contributed by atoms with van der Waals surface area (Å²) in [5.41, 5.74) is 13.6. The van der Waals surface area contributed by atoms with Crippen LogP contribution in [0.1, 0.15) is 11.1 Å². The highest BCUT2D eigenvalue weighted by molar-refractivity contribution is 6.11. The number of anilines is 3. The SMILES string of the molecule is Cc1cc(N(c2ccccc2)c2ccc3c4ccccc4n(-c4ccc5oc6ccccc6c5c4)c3c2)ccc1-c1ccc2ccccc2c1C. The van der Waals surface area contributed by atoms with Crippen LogP contribution < -0.4 is 4.90 Å². The van der Waals surface area contributed by atoms with E-state index in [0.29, 0.717) is 0 Å². The molecule has 0 radical (unpaired) electrons. The van der Waals surface area contributed by atoms with Gasteiger partial charge in [-0.15, -0.1) is 0 Å². The van der Waals surface area contributed by atoms with Crippen LogP contribution in [0.4, 0.5) is 17.1 Å². The van der Waals surface area contributed by atoms with Gasteiger partial charge in [0.1, 0.15) is 11.2 Å². The Morgan fingerprint density at radius 1 is 0.431 bits per heavy atom. The number of fused-ring (bicyclic) bond motifs is 7. The average molecular weight is 655 g/mol. The number of furan rings is 1. The van der Waals surface area contributed by atoms with E-state index in [-0.39, 0.29) is 0 Å². The predicted molar refractivity (Wildman–Crippen MR) is 215 cm³/mol. The smallest absolute Gasteiger partial charge is 0.135 e. The molecule has 0 saturated heterocycles. The van der Waals surface area contributed by atoms with E-state index in [9.17, 15) is 0 Å². The zero-order valence-electron chi connectivity index (χ0n) is 28.5. The number of benzene rings is 8. The topological polar surface area (TPSA) is 21.3 Å². The van der Waals surface area contributed by atoms with Gasteiger partial charge in [-0.05, 0) is 114 Å². The minimum Gasteiger partial charge on any atom is -0.456 e. The van der Waals surface area contributed by atoms with Crippen LogP contribution in [0.15, 0.2) is 174 Å². The van der Waals surface area contributed by atoms with Crippen molar-refractivity contribution in [3.05, 3.63) is 181 Å². The Labute approximate surface area is 296 Å². The maximum absolute atomic E-state index is 6.20.